The Morgan fingerprint density at radius 2 is 1.58 bits per heavy atom. The zero-order chi connectivity index (χ0) is 16.9. The molecule has 0 radical (unpaired) electrons. The van der Waals surface area contributed by atoms with Gasteiger partial charge in [-0.15, -0.1) is 0 Å². The number of amides is 1. The number of benzene rings is 2. The van der Waals surface area contributed by atoms with Gasteiger partial charge in [0.1, 0.15) is 0 Å². The van der Waals surface area contributed by atoms with Crippen LogP contribution in [-0.4, -0.2) is 29.9 Å². The van der Waals surface area contributed by atoms with E-state index in [9.17, 15) is 4.79 Å². The number of carbonyl (C=O) groups is 1. The molecular formula is C21H26N2O. The Bertz CT molecular complexity index is 617. The summed E-state index contributed by atoms with van der Waals surface area (Å²) in [5.74, 6) is 0.779. The molecule has 2 aromatic carbocycles. The molecular weight excluding hydrogens is 296 g/mol. The number of hydrogen-bond acceptors (Lipinski definition) is 2. The first-order valence-electron chi connectivity index (χ1n) is 8.79. The van der Waals surface area contributed by atoms with E-state index < -0.39 is 0 Å². The topological polar surface area (TPSA) is 32.3 Å². The van der Waals surface area contributed by atoms with Crippen LogP contribution in [0.25, 0.3) is 0 Å². The van der Waals surface area contributed by atoms with Crippen molar-refractivity contribution < 1.29 is 4.79 Å². The van der Waals surface area contributed by atoms with Gasteiger partial charge < -0.3 is 5.32 Å². The van der Waals surface area contributed by atoms with Crippen LogP contribution in [0.15, 0.2) is 60.7 Å². The number of carbonyl (C=O) groups excluding carboxylic acids is 1. The number of nitrogens with zero attached hydrogens (tertiary/aromatic N) is 1. The predicted octanol–water partition coefficient (Wildman–Crippen LogP) is 3.62. The highest BCUT2D eigenvalue weighted by molar-refractivity contribution is 5.82. The van der Waals surface area contributed by atoms with Crippen LogP contribution < -0.4 is 5.32 Å². The third kappa shape index (κ3) is 3.85. The molecule has 0 bridgehead atoms. The van der Waals surface area contributed by atoms with Gasteiger partial charge in [0, 0.05) is 6.54 Å². The summed E-state index contributed by atoms with van der Waals surface area (Å²) in [7, 11) is 0. The summed E-state index contributed by atoms with van der Waals surface area (Å²) in [5.41, 5.74) is 2.22. The number of likely N-dealkylation sites (tertiary alicyclic amines) is 1. The average Bonchev–Trinajstić information content (AvgIpc) is 3.06. The third-order valence-corrected chi connectivity index (χ3v) is 4.93. The summed E-state index contributed by atoms with van der Waals surface area (Å²) < 4.78 is 0. The van der Waals surface area contributed by atoms with Gasteiger partial charge in [0.15, 0.2) is 0 Å². The molecule has 3 rings (SSSR count). The minimum Gasteiger partial charge on any atom is -0.344 e. The smallest absolute Gasteiger partial charge is 0.237 e. The maximum absolute atomic E-state index is 12.8. The van der Waals surface area contributed by atoms with E-state index in [2.05, 4.69) is 41.4 Å². The zero-order valence-electron chi connectivity index (χ0n) is 14.5. The van der Waals surface area contributed by atoms with E-state index in [1.165, 1.54) is 6.42 Å². The van der Waals surface area contributed by atoms with Gasteiger partial charge in [0.05, 0.1) is 12.1 Å². The highest BCUT2D eigenvalue weighted by atomic mass is 16.2. The first kappa shape index (κ1) is 16.7. The summed E-state index contributed by atoms with van der Waals surface area (Å²) in [6.45, 7) is 6.29. The van der Waals surface area contributed by atoms with Crippen LogP contribution in [0.2, 0.25) is 0 Å². The highest BCUT2D eigenvalue weighted by Crippen LogP contribution is 2.23. The molecule has 24 heavy (non-hydrogen) atoms. The minimum absolute atomic E-state index is 0.0927. The van der Waals surface area contributed by atoms with Crippen molar-refractivity contribution in [3.05, 3.63) is 71.8 Å². The van der Waals surface area contributed by atoms with Gasteiger partial charge in [-0.1, -0.05) is 67.6 Å². The minimum atomic E-state index is -0.109. The normalized spacial score (nSPS) is 19.4. The maximum Gasteiger partial charge on any atom is 0.237 e. The Balaban J connectivity index is 1.78. The second kappa shape index (κ2) is 7.63. The van der Waals surface area contributed by atoms with Crippen molar-refractivity contribution in [1.29, 1.82) is 0 Å². The molecule has 3 heteroatoms. The lowest BCUT2D eigenvalue weighted by molar-refractivity contribution is -0.126. The molecule has 1 saturated heterocycles. The Morgan fingerprint density at radius 3 is 2.04 bits per heavy atom. The van der Waals surface area contributed by atoms with Gasteiger partial charge in [0.25, 0.3) is 0 Å². The van der Waals surface area contributed by atoms with Crippen molar-refractivity contribution >= 4 is 5.91 Å². The Kier molecular flexibility index (Phi) is 5.31. The molecule has 1 N–H and O–H groups in total. The highest BCUT2D eigenvalue weighted by Gasteiger charge is 2.29. The first-order valence-corrected chi connectivity index (χ1v) is 8.79. The van der Waals surface area contributed by atoms with Crippen LogP contribution in [0, 0.1) is 5.92 Å². The fraction of sp³-hybridized carbons (Fsp3) is 0.381. The summed E-state index contributed by atoms with van der Waals surface area (Å²) in [4.78, 5) is 15.1. The van der Waals surface area contributed by atoms with Crippen molar-refractivity contribution in [2.75, 3.05) is 13.1 Å². The molecule has 3 nitrogen and oxygen atoms in total. The first-order chi connectivity index (χ1) is 11.6. The molecule has 0 saturated carbocycles. The van der Waals surface area contributed by atoms with E-state index in [1.807, 2.05) is 43.3 Å². The Morgan fingerprint density at radius 1 is 1.04 bits per heavy atom. The van der Waals surface area contributed by atoms with Crippen LogP contribution in [0.3, 0.4) is 0 Å². The Hall–Kier alpha value is -2.13. The van der Waals surface area contributed by atoms with Crippen molar-refractivity contribution in [3.8, 4) is 0 Å². The molecule has 2 unspecified atom stereocenters. The summed E-state index contributed by atoms with van der Waals surface area (Å²) in [6, 6.07) is 20.1. The molecule has 2 aromatic rings. The lowest BCUT2D eigenvalue weighted by Crippen LogP contribution is -2.45. The van der Waals surface area contributed by atoms with Crippen LogP contribution in [0.1, 0.15) is 37.4 Å². The lowest BCUT2D eigenvalue weighted by Gasteiger charge is -2.27. The lowest BCUT2D eigenvalue weighted by atomic mass is 9.98. The summed E-state index contributed by atoms with van der Waals surface area (Å²) in [5, 5.41) is 3.26. The SMILES string of the molecule is CC1CCN(C(C)C(=O)NC(c2ccccc2)c2ccccc2)C1. The van der Waals surface area contributed by atoms with Gasteiger partial charge in [-0.25, -0.2) is 0 Å². The summed E-state index contributed by atoms with van der Waals surface area (Å²) in [6.07, 6.45) is 1.18. The maximum atomic E-state index is 12.8. The van der Waals surface area contributed by atoms with E-state index in [0.29, 0.717) is 5.92 Å². The van der Waals surface area contributed by atoms with E-state index in [0.717, 1.165) is 24.2 Å². The van der Waals surface area contributed by atoms with Gasteiger partial charge in [0.2, 0.25) is 5.91 Å². The molecule has 1 aliphatic heterocycles. The monoisotopic (exact) mass is 322 g/mol. The van der Waals surface area contributed by atoms with Gasteiger partial charge in [-0.3, -0.25) is 9.69 Å². The third-order valence-electron chi connectivity index (χ3n) is 4.93. The number of hydrogen-bond donors (Lipinski definition) is 1. The fourth-order valence-electron chi connectivity index (χ4n) is 3.40. The summed E-state index contributed by atoms with van der Waals surface area (Å²) >= 11 is 0. The second-order valence-electron chi connectivity index (χ2n) is 6.83. The second-order valence-corrected chi connectivity index (χ2v) is 6.83. The fourth-order valence-corrected chi connectivity index (χ4v) is 3.40. The van der Waals surface area contributed by atoms with Crippen molar-refractivity contribution in [1.82, 2.24) is 10.2 Å². The van der Waals surface area contributed by atoms with E-state index >= 15 is 0 Å². The molecule has 0 aromatic heterocycles. The van der Waals surface area contributed by atoms with E-state index in [1.54, 1.807) is 0 Å². The van der Waals surface area contributed by atoms with Crippen LogP contribution in [0.4, 0.5) is 0 Å². The zero-order valence-corrected chi connectivity index (χ0v) is 14.5. The molecule has 2 atom stereocenters. The molecule has 0 spiro atoms. The van der Waals surface area contributed by atoms with Crippen molar-refractivity contribution in [3.63, 3.8) is 0 Å². The van der Waals surface area contributed by atoms with E-state index in [-0.39, 0.29) is 18.0 Å². The van der Waals surface area contributed by atoms with Crippen LogP contribution in [0.5, 0.6) is 0 Å². The van der Waals surface area contributed by atoms with Crippen molar-refractivity contribution in [2.45, 2.75) is 32.4 Å². The van der Waals surface area contributed by atoms with Crippen LogP contribution >= 0.6 is 0 Å². The van der Waals surface area contributed by atoms with Gasteiger partial charge >= 0.3 is 0 Å². The quantitative estimate of drug-likeness (QED) is 0.912. The van der Waals surface area contributed by atoms with Crippen LogP contribution in [-0.2, 0) is 4.79 Å². The molecule has 126 valence electrons. The van der Waals surface area contributed by atoms with Gasteiger partial charge in [-0.2, -0.15) is 0 Å². The largest absolute Gasteiger partial charge is 0.344 e. The molecule has 1 aliphatic rings. The molecule has 1 fully saturated rings. The van der Waals surface area contributed by atoms with Gasteiger partial charge in [-0.05, 0) is 36.9 Å². The Labute approximate surface area is 144 Å². The predicted molar refractivity (Wildman–Crippen MR) is 97.7 cm³/mol. The molecule has 1 heterocycles. The standard InChI is InChI=1S/C21H26N2O/c1-16-13-14-23(15-16)17(2)21(24)22-20(18-9-5-3-6-10-18)19-11-7-4-8-12-19/h3-12,16-17,20H,13-15H2,1-2H3,(H,22,24). The number of rotatable bonds is 5. The molecule has 1 amide bonds. The van der Waals surface area contributed by atoms with E-state index in [4.69, 9.17) is 0 Å². The van der Waals surface area contributed by atoms with Crippen molar-refractivity contribution in [2.24, 2.45) is 5.92 Å². The number of nitrogens with one attached hydrogen (secondary N) is 1. The molecule has 0 aliphatic carbocycles. The average molecular weight is 322 g/mol.